The maximum atomic E-state index is 11.1. The van der Waals surface area contributed by atoms with Crippen LogP contribution in [0.5, 0.6) is 0 Å². The molecule has 0 aliphatic heterocycles. The van der Waals surface area contributed by atoms with Gasteiger partial charge in [-0.3, -0.25) is 0 Å². The highest BCUT2D eigenvalue weighted by Crippen LogP contribution is 2.40. The van der Waals surface area contributed by atoms with Crippen LogP contribution in [-0.4, -0.2) is 23.7 Å². The van der Waals surface area contributed by atoms with Crippen molar-refractivity contribution in [1.82, 2.24) is 0 Å². The summed E-state index contributed by atoms with van der Waals surface area (Å²) in [6, 6.07) is 5.08. The predicted octanol–water partition coefficient (Wildman–Crippen LogP) is 4.40. The van der Waals surface area contributed by atoms with Crippen molar-refractivity contribution in [2.24, 2.45) is 0 Å². The van der Waals surface area contributed by atoms with Gasteiger partial charge in [0.2, 0.25) is 0 Å². The van der Waals surface area contributed by atoms with Gasteiger partial charge in [-0.2, -0.15) is 0 Å². The number of aliphatic carboxylic acids is 1. The van der Waals surface area contributed by atoms with Crippen molar-refractivity contribution >= 4 is 41.2 Å². The molecule has 0 bridgehead atoms. The van der Waals surface area contributed by atoms with Crippen molar-refractivity contribution < 1.29 is 19.4 Å². The molecule has 0 aromatic heterocycles. The average molecular weight is 357 g/mol. The van der Waals surface area contributed by atoms with E-state index in [1.807, 2.05) is 6.92 Å². The largest absolute Gasteiger partial charge is 0.478 e. The van der Waals surface area contributed by atoms with Gasteiger partial charge in [-0.05, 0) is 35.8 Å². The number of alkyl halides is 1. The summed E-state index contributed by atoms with van der Waals surface area (Å²) in [4.78, 5) is 21.0. The Morgan fingerprint density at radius 1 is 1.43 bits per heavy atom. The van der Waals surface area contributed by atoms with Gasteiger partial charge in [0.25, 0.3) is 0 Å². The highest BCUT2D eigenvalue weighted by atomic mass is 35.5. The summed E-state index contributed by atoms with van der Waals surface area (Å²) in [5, 5.41) is 9.29. The molecule has 0 aliphatic rings. The Morgan fingerprint density at radius 3 is 2.70 bits per heavy atom. The van der Waals surface area contributed by atoms with Gasteiger partial charge < -0.3 is 9.84 Å². The lowest BCUT2D eigenvalue weighted by Gasteiger charge is -2.28. The molecule has 0 fully saturated rings. The number of benzene rings is 1. The quantitative estimate of drug-likeness (QED) is 0.425. The summed E-state index contributed by atoms with van der Waals surface area (Å²) in [6.07, 6.45) is 4.50. The standard InChI is InChI=1S/C17H18Cl2O4/c1-3-16(22)23-10-9-17(19,4-2)14-11-13(18)7-5-12(14)6-8-15(20)21/h3,5-8,11H,1,4,9-10H2,2H3,(H,20,21). The summed E-state index contributed by atoms with van der Waals surface area (Å²) in [6.45, 7) is 5.35. The number of carbonyl (C=O) groups excluding carboxylic acids is 1. The molecule has 1 aromatic carbocycles. The van der Waals surface area contributed by atoms with Crippen LogP contribution in [0.4, 0.5) is 0 Å². The Morgan fingerprint density at radius 2 is 2.13 bits per heavy atom. The summed E-state index contributed by atoms with van der Waals surface area (Å²) in [7, 11) is 0. The van der Waals surface area contributed by atoms with Crippen LogP contribution < -0.4 is 0 Å². The van der Waals surface area contributed by atoms with Gasteiger partial charge in [0.05, 0.1) is 11.5 Å². The van der Waals surface area contributed by atoms with Gasteiger partial charge in [0.1, 0.15) is 0 Å². The van der Waals surface area contributed by atoms with E-state index in [0.717, 1.165) is 12.2 Å². The molecule has 1 atom stereocenters. The van der Waals surface area contributed by atoms with Gasteiger partial charge in [-0.15, -0.1) is 11.6 Å². The molecule has 23 heavy (non-hydrogen) atoms. The molecule has 1 rings (SSSR count). The van der Waals surface area contributed by atoms with Crippen LogP contribution in [-0.2, 0) is 19.2 Å². The van der Waals surface area contributed by atoms with Crippen molar-refractivity contribution in [3.8, 4) is 0 Å². The Hall–Kier alpha value is -1.78. The fourth-order valence-corrected chi connectivity index (χ4v) is 2.51. The molecule has 4 nitrogen and oxygen atoms in total. The lowest BCUT2D eigenvalue weighted by Crippen LogP contribution is -2.22. The highest BCUT2D eigenvalue weighted by molar-refractivity contribution is 6.31. The monoisotopic (exact) mass is 356 g/mol. The smallest absolute Gasteiger partial charge is 0.330 e. The maximum Gasteiger partial charge on any atom is 0.330 e. The van der Waals surface area contributed by atoms with Crippen LogP contribution in [0.15, 0.2) is 36.9 Å². The number of esters is 1. The first-order chi connectivity index (χ1) is 10.8. The van der Waals surface area contributed by atoms with Crippen LogP contribution in [0.3, 0.4) is 0 Å². The van der Waals surface area contributed by atoms with Crippen molar-refractivity contribution in [2.45, 2.75) is 24.6 Å². The van der Waals surface area contributed by atoms with E-state index in [4.69, 9.17) is 33.0 Å². The average Bonchev–Trinajstić information content (AvgIpc) is 2.53. The Balaban J connectivity index is 3.11. The number of halogens is 2. The third-order valence-electron chi connectivity index (χ3n) is 3.37. The molecule has 1 unspecified atom stereocenters. The Bertz CT molecular complexity index is 625. The normalized spacial score (nSPS) is 13.5. The van der Waals surface area contributed by atoms with E-state index in [9.17, 15) is 9.59 Å². The first-order valence-electron chi connectivity index (χ1n) is 7.01. The number of hydrogen-bond donors (Lipinski definition) is 1. The lowest BCUT2D eigenvalue weighted by molar-refractivity contribution is -0.138. The van der Waals surface area contributed by atoms with Gasteiger partial charge in [0.15, 0.2) is 0 Å². The van der Waals surface area contributed by atoms with E-state index < -0.39 is 16.8 Å². The van der Waals surface area contributed by atoms with E-state index in [-0.39, 0.29) is 6.61 Å². The maximum absolute atomic E-state index is 11.1. The van der Waals surface area contributed by atoms with Crippen LogP contribution in [0.25, 0.3) is 6.08 Å². The first-order valence-corrected chi connectivity index (χ1v) is 7.77. The SMILES string of the molecule is C=CC(=O)OCCC(Cl)(CC)c1cc(Cl)ccc1C=CC(=O)O. The van der Waals surface area contributed by atoms with Gasteiger partial charge in [0, 0.05) is 23.6 Å². The third kappa shape index (κ3) is 5.73. The van der Waals surface area contributed by atoms with Crippen molar-refractivity contribution in [3.05, 3.63) is 53.1 Å². The zero-order valence-corrected chi connectivity index (χ0v) is 14.2. The summed E-state index contributed by atoms with van der Waals surface area (Å²) in [5.74, 6) is -1.57. The Kier molecular flexibility index (Phi) is 7.33. The van der Waals surface area contributed by atoms with Crippen LogP contribution in [0.2, 0.25) is 5.02 Å². The van der Waals surface area contributed by atoms with Gasteiger partial charge in [-0.25, -0.2) is 9.59 Å². The zero-order valence-electron chi connectivity index (χ0n) is 12.7. The third-order valence-corrected chi connectivity index (χ3v) is 4.27. The van der Waals surface area contributed by atoms with E-state index in [1.165, 1.54) is 6.08 Å². The number of hydrogen-bond acceptors (Lipinski definition) is 3. The number of carboxylic acid groups (broad SMARTS) is 1. The minimum Gasteiger partial charge on any atom is -0.478 e. The molecular formula is C17H18Cl2O4. The molecule has 0 amide bonds. The second kappa shape index (κ2) is 8.75. The van der Waals surface area contributed by atoms with Crippen molar-refractivity contribution in [2.75, 3.05) is 6.61 Å². The molecule has 0 radical (unpaired) electrons. The topological polar surface area (TPSA) is 63.6 Å². The highest BCUT2D eigenvalue weighted by Gasteiger charge is 2.30. The van der Waals surface area contributed by atoms with Crippen LogP contribution in [0, 0.1) is 0 Å². The number of ether oxygens (including phenoxy) is 1. The first kappa shape index (κ1) is 19.3. The second-order valence-corrected chi connectivity index (χ2v) is 6.00. The minimum atomic E-state index is -1.05. The minimum absolute atomic E-state index is 0.122. The van der Waals surface area contributed by atoms with Crippen LogP contribution >= 0.6 is 23.2 Å². The summed E-state index contributed by atoms with van der Waals surface area (Å²) in [5.41, 5.74) is 1.35. The predicted molar refractivity (Wildman–Crippen MR) is 91.7 cm³/mol. The fraction of sp³-hybridized carbons (Fsp3) is 0.294. The van der Waals surface area contributed by atoms with E-state index in [2.05, 4.69) is 6.58 Å². The molecule has 1 aromatic rings. The summed E-state index contributed by atoms with van der Waals surface area (Å²) >= 11 is 12.8. The molecule has 0 aliphatic carbocycles. The molecule has 0 saturated heterocycles. The summed E-state index contributed by atoms with van der Waals surface area (Å²) < 4.78 is 4.99. The molecular weight excluding hydrogens is 339 g/mol. The van der Waals surface area contributed by atoms with Gasteiger partial charge >= 0.3 is 11.9 Å². The molecule has 1 N–H and O–H groups in total. The van der Waals surface area contributed by atoms with E-state index >= 15 is 0 Å². The molecule has 6 heteroatoms. The lowest BCUT2D eigenvalue weighted by atomic mass is 9.88. The Labute approximate surface area is 145 Å². The van der Waals surface area contributed by atoms with Crippen molar-refractivity contribution in [1.29, 1.82) is 0 Å². The number of rotatable bonds is 8. The van der Waals surface area contributed by atoms with Gasteiger partial charge in [-0.1, -0.05) is 31.2 Å². The van der Waals surface area contributed by atoms with E-state index in [0.29, 0.717) is 29.0 Å². The van der Waals surface area contributed by atoms with E-state index in [1.54, 1.807) is 18.2 Å². The molecule has 124 valence electrons. The second-order valence-electron chi connectivity index (χ2n) is 4.84. The number of carboxylic acids is 1. The molecule has 0 spiro atoms. The molecule has 0 saturated carbocycles. The van der Waals surface area contributed by atoms with Crippen molar-refractivity contribution in [3.63, 3.8) is 0 Å². The van der Waals surface area contributed by atoms with Crippen LogP contribution in [0.1, 0.15) is 30.9 Å². The fourth-order valence-electron chi connectivity index (χ4n) is 2.10. The zero-order chi connectivity index (χ0) is 17.5. The number of carbonyl (C=O) groups is 2. The molecule has 0 heterocycles.